The third kappa shape index (κ3) is 2.16. The van der Waals surface area contributed by atoms with Crippen molar-refractivity contribution >= 4 is 38.5 Å². The van der Waals surface area contributed by atoms with Crippen molar-refractivity contribution in [3.05, 3.63) is 76.0 Å². The van der Waals surface area contributed by atoms with Crippen molar-refractivity contribution in [3.63, 3.8) is 0 Å². The molecule has 0 atom stereocenters. The highest BCUT2D eigenvalue weighted by Gasteiger charge is 2.33. The maximum Gasteiger partial charge on any atom is 0.261 e. The minimum atomic E-state index is -0.268. The van der Waals surface area contributed by atoms with Crippen LogP contribution >= 0.6 is 15.9 Å². The molecule has 0 saturated carbocycles. The van der Waals surface area contributed by atoms with Gasteiger partial charge in [-0.05, 0) is 35.2 Å². The molecule has 0 spiro atoms. The Balaban J connectivity index is 1.87. The number of pyridine rings is 1. The van der Waals surface area contributed by atoms with Crippen LogP contribution in [-0.2, 0) is 6.54 Å². The Bertz CT molecular complexity index is 932. The van der Waals surface area contributed by atoms with Gasteiger partial charge in [0.15, 0.2) is 0 Å². The molecule has 1 aliphatic heterocycles. The van der Waals surface area contributed by atoms with Crippen LogP contribution in [-0.4, -0.2) is 21.7 Å². The molecule has 0 fully saturated rings. The first-order chi connectivity index (χ1) is 11.2. The molecule has 4 nitrogen and oxygen atoms in total. The number of hydrogen-bond acceptors (Lipinski definition) is 3. The number of carbonyl (C=O) groups is 2. The van der Waals surface area contributed by atoms with E-state index in [1.165, 1.54) is 4.90 Å². The highest BCUT2D eigenvalue weighted by Crippen LogP contribution is 2.34. The molecule has 5 heteroatoms. The predicted octanol–water partition coefficient (Wildman–Crippen LogP) is 3.79. The summed E-state index contributed by atoms with van der Waals surface area (Å²) < 4.78 is 0.874. The number of halogens is 1. The smallest absolute Gasteiger partial charge is 0.261 e. The first kappa shape index (κ1) is 14.1. The first-order valence-corrected chi connectivity index (χ1v) is 7.92. The highest BCUT2D eigenvalue weighted by molar-refractivity contribution is 9.10. The molecule has 2 aromatic carbocycles. The molecule has 2 heterocycles. The van der Waals surface area contributed by atoms with E-state index in [1.807, 2.05) is 24.3 Å². The highest BCUT2D eigenvalue weighted by atomic mass is 79.9. The minimum absolute atomic E-state index is 0.220. The molecular formula is C18H11BrN2O2. The van der Waals surface area contributed by atoms with Gasteiger partial charge in [-0.15, -0.1) is 0 Å². The van der Waals surface area contributed by atoms with Crippen molar-refractivity contribution in [2.45, 2.75) is 6.54 Å². The summed E-state index contributed by atoms with van der Waals surface area (Å²) in [4.78, 5) is 30.9. The zero-order valence-corrected chi connectivity index (χ0v) is 13.6. The number of nitrogens with zero attached hydrogens (tertiary/aromatic N) is 2. The Morgan fingerprint density at radius 3 is 2.48 bits per heavy atom. The van der Waals surface area contributed by atoms with Crippen molar-refractivity contribution in [1.82, 2.24) is 9.88 Å². The van der Waals surface area contributed by atoms with Crippen molar-refractivity contribution in [1.29, 1.82) is 0 Å². The Labute approximate surface area is 140 Å². The maximum absolute atomic E-state index is 12.8. The lowest BCUT2D eigenvalue weighted by molar-refractivity contribution is 0.0598. The van der Waals surface area contributed by atoms with Gasteiger partial charge in [0.05, 0.1) is 6.54 Å². The summed E-state index contributed by atoms with van der Waals surface area (Å²) in [5, 5.41) is 1.60. The average molecular weight is 367 g/mol. The summed E-state index contributed by atoms with van der Waals surface area (Å²) in [6, 6.07) is 12.8. The van der Waals surface area contributed by atoms with E-state index in [4.69, 9.17) is 0 Å². The lowest BCUT2D eigenvalue weighted by atomic mass is 9.94. The number of imide groups is 1. The molecule has 0 N–H and O–H groups in total. The third-order valence-corrected chi connectivity index (χ3v) is 4.69. The van der Waals surface area contributed by atoms with Gasteiger partial charge in [0.2, 0.25) is 0 Å². The van der Waals surface area contributed by atoms with Crippen LogP contribution in [0.2, 0.25) is 0 Å². The quantitative estimate of drug-likeness (QED) is 0.648. The van der Waals surface area contributed by atoms with Crippen LogP contribution < -0.4 is 0 Å². The molecule has 112 valence electrons. The van der Waals surface area contributed by atoms with E-state index >= 15 is 0 Å². The monoisotopic (exact) mass is 366 g/mol. The van der Waals surface area contributed by atoms with Crippen LogP contribution in [0.15, 0.2) is 59.3 Å². The molecule has 0 saturated heterocycles. The van der Waals surface area contributed by atoms with Crippen molar-refractivity contribution < 1.29 is 9.59 Å². The summed E-state index contributed by atoms with van der Waals surface area (Å²) in [5.74, 6) is -0.537. The third-order valence-electron chi connectivity index (χ3n) is 4.00. The van der Waals surface area contributed by atoms with Gasteiger partial charge in [0.25, 0.3) is 11.8 Å². The van der Waals surface area contributed by atoms with Gasteiger partial charge in [-0.2, -0.15) is 0 Å². The first-order valence-electron chi connectivity index (χ1n) is 7.13. The number of rotatable bonds is 2. The van der Waals surface area contributed by atoms with Crippen LogP contribution in [0.25, 0.3) is 10.8 Å². The molecule has 1 aliphatic rings. The van der Waals surface area contributed by atoms with E-state index in [1.54, 1.807) is 30.6 Å². The summed E-state index contributed by atoms with van der Waals surface area (Å²) in [7, 11) is 0. The van der Waals surface area contributed by atoms with Gasteiger partial charge in [0, 0.05) is 33.4 Å². The molecule has 1 aromatic heterocycles. The maximum atomic E-state index is 12.8. The SMILES string of the molecule is O=C1c2cccc3c(Br)ccc(c23)C(=O)N1Cc1cccnc1. The molecule has 2 amide bonds. The number of hydrogen-bond donors (Lipinski definition) is 0. The largest absolute Gasteiger partial charge is 0.270 e. The van der Waals surface area contributed by atoms with E-state index in [-0.39, 0.29) is 18.4 Å². The van der Waals surface area contributed by atoms with Gasteiger partial charge in [-0.25, -0.2) is 0 Å². The molecule has 0 radical (unpaired) electrons. The van der Waals surface area contributed by atoms with Gasteiger partial charge in [-0.1, -0.05) is 34.1 Å². The Hall–Kier alpha value is -2.53. The normalized spacial score (nSPS) is 13.7. The molecule has 0 unspecified atom stereocenters. The van der Waals surface area contributed by atoms with Gasteiger partial charge >= 0.3 is 0 Å². The van der Waals surface area contributed by atoms with Crippen LogP contribution in [0.5, 0.6) is 0 Å². The summed E-state index contributed by atoms with van der Waals surface area (Å²) in [6.07, 6.45) is 3.33. The van der Waals surface area contributed by atoms with Crippen LogP contribution in [0, 0.1) is 0 Å². The second kappa shape index (κ2) is 5.28. The fraction of sp³-hybridized carbons (Fsp3) is 0.0556. The Kier molecular flexibility index (Phi) is 3.23. The van der Waals surface area contributed by atoms with Crippen LogP contribution in [0.1, 0.15) is 26.3 Å². The lowest BCUT2D eigenvalue weighted by Crippen LogP contribution is -2.39. The number of aromatic nitrogens is 1. The second-order valence-electron chi connectivity index (χ2n) is 5.38. The van der Waals surface area contributed by atoms with E-state index in [0.29, 0.717) is 11.1 Å². The van der Waals surface area contributed by atoms with Crippen molar-refractivity contribution in [3.8, 4) is 0 Å². The zero-order chi connectivity index (χ0) is 16.0. The molecular weight excluding hydrogens is 356 g/mol. The van der Waals surface area contributed by atoms with Gasteiger partial charge < -0.3 is 0 Å². The number of amides is 2. The number of carbonyl (C=O) groups excluding carboxylic acids is 2. The topological polar surface area (TPSA) is 50.3 Å². The molecule has 3 aromatic rings. The minimum Gasteiger partial charge on any atom is -0.270 e. The van der Waals surface area contributed by atoms with Gasteiger partial charge in [-0.3, -0.25) is 19.5 Å². The predicted molar refractivity (Wildman–Crippen MR) is 90.1 cm³/mol. The van der Waals surface area contributed by atoms with Crippen molar-refractivity contribution in [2.24, 2.45) is 0 Å². The standard InChI is InChI=1S/C18H11BrN2O2/c19-15-7-6-14-16-12(15)4-1-5-13(16)17(22)21(18(14)23)10-11-3-2-8-20-9-11/h1-9H,10H2. The molecule has 4 rings (SSSR count). The van der Waals surface area contributed by atoms with Crippen molar-refractivity contribution in [2.75, 3.05) is 0 Å². The van der Waals surface area contributed by atoms with E-state index in [0.717, 1.165) is 20.8 Å². The van der Waals surface area contributed by atoms with Crippen LogP contribution in [0.3, 0.4) is 0 Å². The summed E-state index contributed by atoms with van der Waals surface area (Å²) in [6.45, 7) is 0.220. The average Bonchev–Trinajstić information content (AvgIpc) is 2.59. The lowest BCUT2D eigenvalue weighted by Gasteiger charge is -2.27. The molecule has 0 bridgehead atoms. The Morgan fingerprint density at radius 2 is 1.74 bits per heavy atom. The van der Waals surface area contributed by atoms with E-state index < -0.39 is 0 Å². The second-order valence-corrected chi connectivity index (χ2v) is 6.24. The van der Waals surface area contributed by atoms with E-state index in [9.17, 15) is 9.59 Å². The fourth-order valence-corrected chi connectivity index (χ4v) is 3.39. The van der Waals surface area contributed by atoms with Gasteiger partial charge in [0.1, 0.15) is 0 Å². The zero-order valence-electron chi connectivity index (χ0n) is 12.0. The summed E-state index contributed by atoms with van der Waals surface area (Å²) >= 11 is 3.48. The molecule has 23 heavy (non-hydrogen) atoms. The molecule has 0 aliphatic carbocycles. The summed E-state index contributed by atoms with van der Waals surface area (Å²) in [5.41, 5.74) is 1.94. The number of benzene rings is 2. The fourth-order valence-electron chi connectivity index (χ4n) is 2.93. The van der Waals surface area contributed by atoms with E-state index in [2.05, 4.69) is 20.9 Å². The van der Waals surface area contributed by atoms with Crippen LogP contribution in [0.4, 0.5) is 0 Å². The Morgan fingerprint density at radius 1 is 0.957 bits per heavy atom.